The Morgan fingerprint density at radius 2 is 1.79 bits per heavy atom. The first-order chi connectivity index (χ1) is 9.22. The number of nitrogens with one attached hydrogen (secondary N) is 1. The van der Waals surface area contributed by atoms with Gasteiger partial charge in [-0.3, -0.25) is 4.98 Å². The second kappa shape index (κ2) is 4.90. The Morgan fingerprint density at radius 1 is 1.00 bits per heavy atom. The number of hydrogen-bond donors (Lipinski definition) is 1. The summed E-state index contributed by atoms with van der Waals surface area (Å²) in [7, 11) is 0. The van der Waals surface area contributed by atoms with Gasteiger partial charge in [-0.1, -0.05) is 23.2 Å². The van der Waals surface area contributed by atoms with Gasteiger partial charge in [-0.05, 0) is 49.4 Å². The molecular formula is C16H13ClN2. The van der Waals surface area contributed by atoms with E-state index in [-0.39, 0.29) is 0 Å². The third-order valence-corrected chi connectivity index (χ3v) is 3.27. The van der Waals surface area contributed by atoms with E-state index in [1.54, 1.807) is 0 Å². The maximum atomic E-state index is 5.89. The lowest BCUT2D eigenvalue weighted by atomic mass is 10.1. The summed E-state index contributed by atoms with van der Waals surface area (Å²) in [6.07, 6.45) is 1.82. The van der Waals surface area contributed by atoms with Gasteiger partial charge in [-0.25, -0.2) is 0 Å². The summed E-state index contributed by atoms with van der Waals surface area (Å²) in [5, 5.41) is 5.26. The van der Waals surface area contributed by atoms with Crippen molar-refractivity contribution in [2.24, 2.45) is 0 Å². The van der Waals surface area contributed by atoms with Crippen LogP contribution in [0.25, 0.3) is 10.9 Å². The molecule has 0 atom stereocenters. The van der Waals surface area contributed by atoms with E-state index < -0.39 is 0 Å². The number of halogens is 1. The third-order valence-electron chi connectivity index (χ3n) is 3.02. The molecule has 3 heteroatoms. The SMILES string of the molecule is Cc1ccc2nccc(Nc3ccc(Cl)cc3)c2c1. The summed E-state index contributed by atoms with van der Waals surface area (Å²) >= 11 is 5.89. The highest BCUT2D eigenvalue weighted by Crippen LogP contribution is 2.26. The Balaban J connectivity index is 2.05. The van der Waals surface area contributed by atoms with Gasteiger partial charge < -0.3 is 5.32 Å². The Hall–Kier alpha value is -2.06. The van der Waals surface area contributed by atoms with Crippen LogP contribution in [0.4, 0.5) is 11.4 Å². The second-order valence-corrected chi connectivity index (χ2v) is 4.95. The zero-order valence-electron chi connectivity index (χ0n) is 10.5. The number of pyridine rings is 1. The van der Waals surface area contributed by atoms with Crippen molar-refractivity contribution in [2.75, 3.05) is 5.32 Å². The molecule has 0 saturated heterocycles. The van der Waals surface area contributed by atoms with Crippen LogP contribution in [0.2, 0.25) is 5.02 Å². The molecule has 2 aromatic carbocycles. The summed E-state index contributed by atoms with van der Waals surface area (Å²) in [6, 6.07) is 15.9. The van der Waals surface area contributed by atoms with Crippen molar-refractivity contribution in [2.45, 2.75) is 6.92 Å². The zero-order valence-corrected chi connectivity index (χ0v) is 11.3. The minimum absolute atomic E-state index is 0.737. The van der Waals surface area contributed by atoms with Crippen LogP contribution >= 0.6 is 11.6 Å². The summed E-state index contributed by atoms with van der Waals surface area (Å²) in [6.45, 7) is 2.08. The minimum atomic E-state index is 0.737. The molecule has 0 radical (unpaired) electrons. The Bertz CT molecular complexity index is 720. The lowest BCUT2D eigenvalue weighted by Crippen LogP contribution is -1.92. The first-order valence-electron chi connectivity index (χ1n) is 6.10. The molecular weight excluding hydrogens is 256 g/mol. The molecule has 1 heterocycles. The van der Waals surface area contributed by atoms with Crippen LogP contribution in [-0.2, 0) is 0 Å². The average Bonchev–Trinajstić information content (AvgIpc) is 2.42. The van der Waals surface area contributed by atoms with E-state index in [2.05, 4.69) is 29.4 Å². The first kappa shape index (κ1) is 12.0. The van der Waals surface area contributed by atoms with Gasteiger partial charge in [0.2, 0.25) is 0 Å². The quantitative estimate of drug-likeness (QED) is 0.712. The molecule has 0 saturated carbocycles. The third kappa shape index (κ3) is 2.54. The molecule has 0 aliphatic rings. The van der Waals surface area contributed by atoms with E-state index in [4.69, 9.17) is 11.6 Å². The van der Waals surface area contributed by atoms with Crippen molar-refractivity contribution in [3.8, 4) is 0 Å². The molecule has 0 aliphatic carbocycles. The van der Waals surface area contributed by atoms with Crippen LogP contribution in [0.1, 0.15) is 5.56 Å². The van der Waals surface area contributed by atoms with Crippen LogP contribution in [0.3, 0.4) is 0 Å². The Kier molecular flexibility index (Phi) is 3.10. The molecule has 0 spiro atoms. The fraction of sp³-hybridized carbons (Fsp3) is 0.0625. The van der Waals surface area contributed by atoms with Gasteiger partial charge in [0.05, 0.1) is 5.52 Å². The van der Waals surface area contributed by atoms with Crippen LogP contribution in [0.5, 0.6) is 0 Å². The molecule has 94 valence electrons. The molecule has 0 unspecified atom stereocenters. The zero-order chi connectivity index (χ0) is 13.2. The number of nitrogens with zero attached hydrogens (tertiary/aromatic N) is 1. The molecule has 1 aromatic heterocycles. The second-order valence-electron chi connectivity index (χ2n) is 4.51. The van der Waals surface area contributed by atoms with Gasteiger partial charge in [0, 0.05) is 28.0 Å². The van der Waals surface area contributed by atoms with E-state index in [0.29, 0.717) is 0 Å². The lowest BCUT2D eigenvalue weighted by Gasteiger charge is -2.10. The first-order valence-corrected chi connectivity index (χ1v) is 6.48. The highest BCUT2D eigenvalue weighted by atomic mass is 35.5. The highest BCUT2D eigenvalue weighted by Gasteiger charge is 2.02. The maximum Gasteiger partial charge on any atom is 0.0723 e. The van der Waals surface area contributed by atoms with E-state index in [1.165, 1.54) is 5.56 Å². The Morgan fingerprint density at radius 3 is 2.58 bits per heavy atom. The van der Waals surface area contributed by atoms with Crippen molar-refractivity contribution < 1.29 is 0 Å². The maximum absolute atomic E-state index is 5.89. The average molecular weight is 269 g/mol. The molecule has 3 rings (SSSR count). The normalized spacial score (nSPS) is 10.6. The number of anilines is 2. The van der Waals surface area contributed by atoms with Gasteiger partial charge in [-0.15, -0.1) is 0 Å². The predicted molar refractivity (Wildman–Crippen MR) is 81.2 cm³/mol. The van der Waals surface area contributed by atoms with Crippen LogP contribution in [-0.4, -0.2) is 4.98 Å². The fourth-order valence-electron chi connectivity index (χ4n) is 2.06. The molecule has 0 fully saturated rings. The van der Waals surface area contributed by atoms with Crippen LogP contribution in [0.15, 0.2) is 54.7 Å². The number of hydrogen-bond acceptors (Lipinski definition) is 2. The Labute approximate surface area is 117 Å². The largest absolute Gasteiger partial charge is 0.355 e. The molecule has 0 aliphatic heterocycles. The van der Waals surface area contributed by atoms with E-state index >= 15 is 0 Å². The van der Waals surface area contributed by atoms with E-state index in [1.807, 2.05) is 42.6 Å². The number of benzene rings is 2. The molecule has 0 amide bonds. The summed E-state index contributed by atoms with van der Waals surface area (Å²) in [5.41, 5.74) is 4.28. The van der Waals surface area contributed by atoms with E-state index in [0.717, 1.165) is 27.3 Å². The number of fused-ring (bicyclic) bond motifs is 1. The lowest BCUT2D eigenvalue weighted by molar-refractivity contribution is 1.39. The van der Waals surface area contributed by atoms with Crippen molar-refractivity contribution in [3.05, 3.63) is 65.3 Å². The van der Waals surface area contributed by atoms with E-state index in [9.17, 15) is 0 Å². The van der Waals surface area contributed by atoms with Crippen molar-refractivity contribution >= 4 is 33.9 Å². The molecule has 1 N–H and O–H groups in total. The van der Waals surface area contributed by atoms with Gasteiger partial charge >= 0.3 is 0 Å². The standard InChI is InChI=1S/C16H13ClN2/c1-11-2-7-15-14(10-11)16(8-9-18-15)19-13-5-3-12(17)4-6-13/h2-10H,1H3,(H,18,19). The van der Waals surface area contributed by atoms with Gasteiger partial charge in [0.1, 0.15) is 0 Å². The fourth-order valence-corrected chi connectivity index (χ4v) is 2.18. The highest BCUT2D eigenvalue weighted by molar-refractivity contribution is 6.30. The van der Waals surface area contributed by atoms with Gasteiger partial charge in [0.25, 0.3) is 0 Å². The monoisotopic (exact) mass is 268 g/mol. The van der Waals surface area contributed by atoms with Crippen molar-refractivity contribution in [1.82, 2.24) is 4.98 Å². The van der Waals surface area contributed by atoms with Gasteiger partial charge in [-0.2, -0.15) is 0 Å². The molecule has 3 aromatic rings. The predicted octanol–water partition coefficient (Wildman–Crippen LogP) is 4.94. The van der Waals surface area contributed by atoms with Crippen LogP contribution in [0, 0.1) is 6.92 Å². The molecule has 19 heavy (non-hydrogen) atoms. The molecule has 2 nitrogen and oxygen atoms in total. The number of aromatic nitrogens is 1. The smallest absolute Gasteiger partial charge is 0.0723 e. The van der Waals surface area contributed by atoms with Gasteiger partial charge in [0.15, 0.2) is 0 Å². The number of rotatable bonds is 2. The minimum Gasteiger partial charge on any atom is -0.355 e. The molecule has 0 bridgehead atoms. The summed E-state index contributed by atoms with van der Waals surface area (Å²) in [4.78, 5) is 4.38. The number of aryl methyl sites for hydroxylation is 1. The van der Waals surface area contributed by atoms with Crippen molar-refractivity contribution in [3.63, 3.8) is 0 Å². The summed E-state index contributed by atoms with van der Waals surface area (Å²) < 4.78 is 0. The van der Waals surface area contributed by atoms with Crippen molar-refractivity contribution in [1.29, 1.82) is 0 Å². The summed E-state index contributed by atoms with van der Waals surface area (Å²) in [5.74, 6) is 0. The topological polar surface area (TPSA) is 24.9 Å². The van der Waals surface area contributed by atoms with Crippen LogP contribution < -0.4 is 5.32 Å².